The van der Waals surface area contributed by atoms with Crippen molar-refractivity contribution in [3.8, 4) is 21.7 Å². The Hall–Kier alpha value is -2.56. The van der Waals surface area contributed by atoms with Crippen LogP contribution in [0, 0.1) is 3.95 Å². The van der Waals surface area contributed by atoms with Crippen LogP contribution >= 0.6 is 23.6 Å². The summed E-state index contributed by atoms with van der Waals surface area (Å²) >= 11 is 7.40. The van der Waals surface area contributed by atoms with E-state index in [1.54, 1.807) is 11.3 Å². The maximum absolute atomic E-state index is 5.73. The minimum Gasteiger partial charge on any atom is -0.318 e. The second kappa shape index (κ2) is 7.13. The first-order valence-electron chi connectivity index (χ1n) is 8.06. The number of thiazole rings is 1. The molecule has 2 aromatic heterocycles. The lowest BCUT2D eigenvalue weighted by molar-refractivity contribution is 0.807. The minimum atomic E-state index is 0.745. The summed E-state index contributed by atoms with van der Waals surface area (Å²) in [4.78, 5) is 5.32. The van der Waals surface area contributed by atoms with Crippen LogP contribution in [0.4, 0.5) is 0 Å². The summed E-state index contributed by atoms with van der Waals surface area (Å²) in [6.45, 7) is 0.745. The van der Waals surface area contributed by atoms with Crippen LogP contribution in [-0.4, -0.2) is 9.55 Å². The average molecular weight is 361 g/mol. The van der Waals surface area contributed by atoms with Crippen LogP contribution in [0.5, 0.6) is 0 Å². The van der Waals surface area contributed by atoms with Crippen molar-refractivity contribution in [2.75, 3.05) is 0 Å². The summed E-state index contributed by atoms with van der Waals surface area (Å²) in [6.07, 6.45) is 3.65. The zero-order chi connectivity index (χ0) is 17.1. The molecule has 2 aromatic carbocycles. The Balaban J connectivity index is 1.92. The van der Waals surface area contributed by atoms with E-state index in [4.69, 9.17) is 12.2 Å². The van der Waals surface area contributed by atoms with Gasteiger partial charge in [-0.25, -0.2) is 0 Å². The van der Waals surface area contributed by atoms with Gasteiger partial charge in [0.05, 0.1) is 10.6 Å². The molecule has 25 heavy (non-hydrogen) atoms. The average Bonchev–Trinajstić information content (AvgIpc) is 3.00. The van der Waals surface area contributed by atoms with Crippen LogP contribution < -0.4 is 0 Å². The third kappa shape index (κ3) is 3.31. The van der Waals surface area contributed by atoms with Crippen molar-refractivity contribution in [1.29, 1.82) is 0 Å². The zero-order valence-corrected chi connectivity index (χ0v) is 15.1. The number of hydrogen-bond donors (Lipinski definition) is 0. The molecule has 0 atom stereocenters. The summed E-state index contributed by atoms with van der Waals surface area (Å²) in [6, 6.07) is 25.0. The van der Waals surface area contributed by atoms with Gasteiger partial charge < -0.3 is 4.57 Å². The van der Waals surface area contributed by atoms with Crippen molar-refractivity contribution in [2.45, 2.75) is 6.54 Å². The molecular formula is C21H16N2S2. The van der Waals surface area contributed by atoms with Crippen molar-refractivity contribution in [3.05, 3.63) is 94.7 Å². The fraction of sp³-hybridized carbons (Fsp3) is 0.0476. The molecule has 2 heterocycles. The Kier molecular flexibility index (Phi) is 4.55. The van der Waals surface area contributed by atoms with Crippen LogP contribution in [0.15, 0.2) is 85.2 Å². The van der Waals surface area contributed by atoms with E-state index in [0.29, 0.717) is 0 Å². The number of aromatic nitrogens is 2. The van der Waals surface area contributed by atoms with Gasteiger partial charge in [-0.1, -0.05) is 60.7 Å². The van der Waals surface area contributed by atoms with Gasteiger partial charge in [0.1, 0.15) is 0 Å². The lowest BCUT2D eigenvalue weighted by atomic mass is 10.1. The molecule has 0 fully saturated rings. The molecule has 0 saturated carbocycles. The summed E-state index contributed by atoms with van der Waals surface area (Å²) < 4.78 is 3.11. The van der Waals surface area contributed by atoms with E-state index in [-0.39, 0.29) is 0 Å². The van der Waals surface area contributed by atoms with Crippen molar-refractivity contribution < 1.29 is 0 Å². The Morgan fingerprint density at radius 1 is 0.800 bits per heavy atom. The fourth-order valence-corrected chi connectivity index (χ4v) is 4.31. The monoisotopic (exact) mass is 360 g/mol. The van der Waals surface area contributed by atoms with Gasteiger partial charge in [-0.3, -0.25) is 4.98 Å². The number of benzene rings is 2. The van der Waals surface area contributed by atoms with Crippen molar-refractivity contribution in [2.24, 2.45) is 0 Å². The third-order valence-electron chi connectivity index (χ3n) is 4.07. The lowest BCUT2D eigenvalue weighted by Gasteiger charge is -2.11. The first kappa shape index (κ1) is 15.9. The zero-order valence-electron chi connectivity index (χ0n) is 13.5. The quantitative estimate of drug-likeness (QED) is 0.412. The largest absolute Gasteiger partial charge is 0.318 e. The topological polar surface area (TPSA) is 17.8 Å². The number of pyridine rings is 1. The molecular weight excluding hydrogens is 344 g/mol. The van der Waals surface area contributed by atoms with E-state index in [9.17, 15) is 0 Å². The van der Waals surface area contributed by atoms with Gasteiger partial charge in [-0.15, -0.1) is 11.3 Å². The predicted octanol–water partition coefficient (Wildman–Crippen LogP) is 6.06. The Morgan fingerprint density at radius 3 is 2.04 bits per heavy atom. The maximum Gasteiger partial charge on any atom is 0.162 e. The van der Waals surface area contributed by atoms with E-state index < -0.39 is 0 Å². The first-order chi connectivity index (χ1) is 12.3. The molecule has 0 radical (unpaired) electrons. The number of rotatable bonds is 4. The van der Waals surface area contributed by atoms with Gasteiger partial charge >= 0.3 is 0 Å². The Morgan fingerprint density at radius 2 is 1.40 bits per heavy atom. The van der Waals surface area contributed by atoms with Gasteiger partial charge in [-0.05, 0) is 41.0 Å². The summed E-state index contributed by atoms with van der Waals surface area (Å²) in [5, 5.41) is 0. The van der Waals surface area contributed by atoms with Gasteiger partial charge in [-0.2, -0.15) is 0 Å². The highest BCUT2D eigenvalue weighted by Crippen LogP contribution is 2.38. The molecule has 4 aromatic rings. The highest BCUT2D eigenvalue weighted by atomic mass is 32.1. The summed E-state index contributed by atoms with van der Waals surface area (Å²) in [7, 11) is 0. The molecule has 0 saturated heterocycles. The highest BCUT2D eigenvalue weighted by Gasteiger charge is 2.16. The molecule has 0 N–H and O–H groups in total. The molecule has 0 amide bonds. The second-order valence-corrected chi connectivity index (χ2v) is 7.36. The van der Waals surface area contributed by atoms with E-state index in [2.05, 4.69) is 58.1 Å². The minimum absolute atomic E-state index is 0.745. The van der Waals surface area contributed by atoms with Gasteiger partial charge in [0.15, 0.2) is 3.95 Å². The van der Waals surface area contributed by atoms with Crippen molar-refractivity contribution in [1.82, 2.24) is 9.55 Å². The molecule has 0 aliphatic rings. The summed E-state index contributed by atoms with van der Waals surface area (Å²) in [5.74, 6) is 0. The highest BCUT2D eigenvalue weighted by molar-refractivity contribution is 7.73. The van der Waals surface area contributed by atoms with Gasteiger partial charge in [0.25, 0.3) is 0 Å². The number of hydrogen-bond acceptors (Lipinski definition) is 3. The molecule has 2 nitrogen and oxygen atoms in total. The molecule has 0 spiro atoms. The van der Waals surface area contributed by atoms with E-state index in [1.165, 1.54) is 27.3 Å². The normalized spacial score (nSPS) is 10.7. The fourth-order valence-electron chi connectivity index (χ4n) is 2.89. The molecule has 4 rings (SSSR count). The molecule has 0 aliphatic heterocycles. The first-order valence-corrected chi connectivity index (χ1v) is 9.29. The lowest BCUT2D eigenvalue weighted by Crippen LogP contribution is -2.02. The van der Waals surface area contributed by atoms with E-state index in [1.807, 2.05) is 36.7 Å². The SMILES string of the molecule is S=c1sc(-c2ccccc2)c(-c2ccccc2)n1Cc1ccncc1. The Bertz CT molecular complexity index is 1020. The van der Waals surface area contributed by atoms with E-state index >= 15 is 0 Å². The Labute approximate surface area is 156 Å². The van der Waals surface area contributed by atoms with Crippen LogP contribution in [0.3, 0.4) is 0 Å². The third-order valence-corrected chi connectivity index (χ3v) is 5.57. The predicted molar refractivity (Wildman–Crippen MR) is 107 cm³/mol. The van der Waals surface area contributed by atoms with Crippen LogP contribution in [-0.2, 0) is 6.54 Å². The second-order valence-electron chi connectivity index (χ2n) is 5.72. The van der Waals surface area contributed by atoms with Crippen LogP contribution in [0.2, 0.25) is 0 Å². The number of nitrogens with zero attached hydrogens (tertiary/aromatic N) is 2. The van der Waals surface area contributed by atoms with Gasteiger partial charge in [0, 0.05) is 18.9 Å². The van der Waals surface area contributed by atoms with Crippen LogP contribution in [0.1, 0.15) is 5.56 Å². The molecule has 0 unspecified atom stereocenters. The molecule has 0 aliphatic carbocycles. The van der Waals surface area contributed by atoms with E-state index in [0.717, 1.165) is 10.5 Å². The molecule has 0 bridgehead atoms. The molecule has 122 valence electrons. The standard InChI is InChI=1S/C21H16N2S2/c24-21-23(15-16-11-13-22-14-12-16)19(17-7-3-1-4-8-17)20(25-21)18-9-5-2-6-10-18/h1-14H,15H2. The van der Waals surface area contributed by atoms with Crippen molar-refractivity contribution in [3.63, 3.8) is 0 Å². The smallest absolute Gasteiger partial charge is 0.162 e. The maximum atomic E-state index is 5.73. The molecule has 4 heteroatoms. The van der Waals surface area contributed by atoms with Crippen LogP contribution in [0.25, 0.3) is 21.7 Å². The van der Waals surface area contributed by atoms with Gasteiger partial charge in [0.2, 0.25) is 0 Å². The van der Waals surface area contributed by atoms with Crippen molar-refractivity contribution >= 4 is 23.6 Å². The summed E-state index contributed by atoms with van der Waals surface area (Å²) in [5.41, 5.74) is 4.76.